The van der Waals surface area contributed by atoms with Crippen LogP contribution in [0.2, 0.25) is 5.28 Å². The molecule has 0 spiro atoms. The molecule has 1 unspecified atom stereocenters. The normalized spacial score (nSPS) is 19.4. The van der Waals surface area contributed by atoms with Gasteiger partial charge >= 0.3 is 0 Å². The molecule has 0 radical (unpaired) electrons. The molecular weight excluding hydrogens is 242 g/mol. The summed E-state index contributed by atoms with van der Waals surface area (Å²) in [5.74, 6) is 1.15. The molecule has 0 aliphatic carbocycles. The minimum absolute atomic E-state index is 0.212. The molecule has 2 rings (SSSR count). The van der Waals surface area contributed by atoms with E-state index >= 15 is 0 Å². The lowest BCUT2D eigenvalue weighted by molar-refractivity contribution is 0.193. The first-order valence-corrected chi connectivity index (χ1v) is 5.85. The molecule has 1 saturated heterocycles. The second-order valence-corrected chi connectivity index (χ2v) is 4.57. The summed E-state index contributed by atoms with van der Waals surface area (Å²) in [4.78, 5) is 16.4. The Bertz CT molecular complexity index is 394. The lowest BCUT2D eigenvalue weighted by Gasteiger charge is -2.23. The summed E-state index contributed by atoms with van der Waals surface area (Å²) in [7, 11) is 5.69. The second-order valence-electron chi connectivity index (χ2n) is 4.23. The van der Waals surface area contributed by atoms with Gasteiger partial charge in [-0.25, -0.2) is 0 Å². The summed E-state index contributed by atoms with van der Waals surface area (Å²) in [5.41, 5.74) is 0. The highest BCUT2D eigenvalue weighted by atomic mass is 35.5. The van der Waals surface area contributed by atoms with E-state index < -0.39 is 0 Å². The van der Waals surface area contributed by atoms with E-state index in [2.05, 4.69) is 15.0 Å². The van der Waals surface area contributed by atoms with Crippen molar-refractivity contribution in [3.05, 3.63) is 5.28 Å². The van der Waals surface area contributed by atoms with Gasteiger partial charge in [0.25, 0.3) is 0 Å². The Balaban J connectivity index is 2.24. The van der Waals surface area contributed by atoms with Gasteiger partial charge in [0.05, 0.1) is 12.6 Å². The molecule has 17 heavy (non-hydrogen) atoms. The number of ether oxygens (including phenoxy) is 1. The summed E-state index contributed by atoms with van der Waals surface area (Å²) in [6.45, 7) is 1.49. The number of anilines is 2. The van der Waals surface area contributed by atoms with Gasteiger partial charge in [0.2, 0.25) is 17.2 Å². The zero-order chi connectivity index (χ0) is 12.4. The van der Waals surface area contributed by atoms with Gasteiger partial charge < -0.3 is 14.5 Å². The van der Waals surface area contributed by atoms with Crippen molar-refractivity contribution in [2.45, 2.75) is 12.5 Å². The van der Waals surface area contributed by atoms with Gasteiger partial charge in [0, 0.05) is 27.7 Å². The average Bonchev–Trinajstić information content (AvgIpc) is 2.80. The van der Waals surface area contributed by atoms with Gasteiger partial charge in [0.1, 0.15) is 0 Å². The molecule has 6 nitrogen and oxygen atoms in total. The Kier molecular flexibility index (Phi) is 3.63. The minimum atomic E-state index is 0.212. The van der Waals surface area contributed by atoms with Crippen molar-refractivity contribution in [2.24, 2.45) is 0 Å². The molecule has 7 heteroatoms. The van der Waals surface area contributed by atoms with Crippen LogP contribution < -0.4 is 9.80 Å². The molecule has 1 aliphatic rings. The van der Waals surface area contributed by atoms with Crippen molar-refractivity contribution in [3.8, 4) is 0 Å². The number of rotatable bonds is 3. The maximum Gasteiger partial charge on any atom is 0.231 e. The predicted molar refractivity (Wildman–Crippen MR) is 66.8 cm³/mol. The fraction of sp³-hybridized carbons (Fsp3) is 0.700. The van der Waals surface area contributed by atoms with Crippen molar-refractivity contribution in [2.75, 3.05) is 44.2 Å². The fourth-order valence-electron chi connectivity index (χ4n) is 1.68. The Morgan fingerprint density at radius 2 is 1.88 bits per heavy atom. The molecule has 0 saturated carbocycles. The van der Waals surface area contributed by atoms with E-state index in [0.717, 1.165) is 13.0 Å². The first kappa shape index (κ1) is 12.3. The summed E-state index contributed by atoms with van der Waals surface area (Å²) in [6.07, 6.45) is 0.983. The largest absolute Gasteiger partial charge is 0.379 e. The van der Waals surface area contributed by atoms with E-state index in [1.165, 1.54) is 0 Å². The molecule has 0 bridgehead atoms. The molecule has 0 amide bonds. The lowest BCUT2D eigenvalue weighted by Crippen LogP contribution is -2.33. The first-order valence-electron chi connectivity index (χ1n) is 5.47. The van der Waals surface area contributed by atoms with Crippen LogP contribution in [0.15, 0.2) is 0 Å². The van der Waals surface area contributed by atoms with E-state index in [1.807, 2.05) is 26.0 Å². The quantitative estimate of drug-likeness (QED) is 0.799. The molecule has 1 aromatic rings. The molecule has 1 aliphatic heterocycles. The molecule has 1 aromatic heterocycles. The summed E-state index contributed by atoms with van der Waals surface area (Å²) < 4.78 is 5.35. The van der Waals surface area contributed by atoms with Crippen LogP contribution in [0.3, 0.4) is 0 Å². The highest BCUT2D eigenvalue weighted by molar-refractivity contribution is 6.28. The smallest absolute Gasteiger partial charge is 0.231 e. The Labute approximate surface area is 106 Å². The Hall–Kier alpha value is -1.14. The Morgan fingerprint density at radius 1 is 1.18 bits per heavy atom. The number of aromatic nitrogens is 3. The molecular formula is C10H16ClN5O. The van der Waals surface area contributed by atoms with Crippen LogP contribution in [0.25, 0.3) is 0 Å². The average molecular weight is 258 g/mol. The molecule has 2 heterocycles. The molecule has 0 aromatic carbocycles. The summed E-state index contributed by atoms with van der Waals surface area (Å²) in [6, 6.07) is 0.309. The van der Waals surface area contributed by atoms with E-state index in [9.17, 15) is 0 Å². The molecule has 0 N–H and O–H groups in total. The summed E-state index contributed by atoms with van der Waals surface area (Å²) >= 11 is 5.90. The topological polar surface area (TPSA) is 54.4 Å². The van der Waals surface area contributed by atoms with Crippen molar-refractivity contribution in [1.29, 1.82) is 0 Å². The lowest BCUT2D eigenvalue weighted by atomic mass is 10.2. The van der Waals surface area contributed by atoms with Gasteiger partial charge in [-0.15, -0.1) is 0 Å². The SMILES string of the molecule is CN(C)c1nc(Cl)nc(N(C)C2CCOC2)n1. The molecule has 94 valence electrons. The van der Waals surface area contributed by atoms with Crippen molar-refractivity contribution in [3.63, 3.8) is 0 Å². The van der Waals surface area contributed by atoms with Crippen LogP contribution in [0.4, 0.5) is 11.9 Å². The van der Waals surface area contributed by atoms with Crippen molar-refractivity contribution < 1.29 is 4.74 Å². The molecule has 1 fully saturated rings. The number of likely N-dealkylation sites (N-methyl/N-ethyl adjacent to an activating group) is 1. The second kappa shape index (κ2) is 5.01. The summed E-state index contributed by atoms with van der Waals surface area (Å²) in [5, 5.41) is 0.212. The van der Waals surface area contributed by atoms with Gasteiger partial charge in [-0.2, -0.15) is 15.0 Å². The highest BCUT2D eigenvalue weighted by Gasteiger charge is 2.23. The van der Waals surface area contributed by atoms with Gasteiger partial charge in [-0.3, -0.25) is 0 Å². The fourth-order valence-corrected chi connectivity index (χ4v) is 1.83. The minimum Gasteiger partial charge on any atom is -0.379 e. The van der Waals surface area contributed by atoms with E-state index in [0.29, 0.717) is 24.5 Å². The van der Waals surface area contributed by atoms with Crippen LogP contribution >= 0.6 is 11.6 Å². The third kappa shape index (κ3) is 2.76. The van der Waals surface area contributed by atoms with Gasteiger partial charge in [-0.1, -0.05) is 0 Å². The standard InChI is InChI=1S/C10H16ClN5O/c1-15(2)9-12-8(11)13-10(14-9)16(3)7-4-5-17-6-7/h7H,4-6H2,1-3H3. The third-order valence-electron chi connectivity index (χ3n) is 2.75. The van der Waals surface area contributed by atoms with Crippen molar-refractivity contribution in [1.82, 2.24) is 15.0 Å². The van der Waals surface area contributed by atoms with Gasteiger partial charge in [-0.05, 0) is 18.0 Å². The van der Waals surface area contributed by atoms with Crippen LogP contribution in [0.5, 0.6) is 0 Å². The van der Waals surface area contributed by atoms with Gasteiger partial charge in [0.15, 0.2) is 0 Å². The number of halogens is 1. The van der Waals surface area contributed by atoms with E-state index in [-0.39, 0.29) is 5.28 Å². The van der Waals surface area contributed by atoms with Crippen LogP contribution in [-0.2, 0) is 4.74 Å². The zero-order valence-corrected chi connectivity index (χ0v) is 11.0. The first-order chi connectivity index (χ1) is 8.08. The third-order valence-corrected chi connectivity index (χ3v) is 2.92. The maximum atomic E-state index is 5.90. The number of nitrogens with zero attached hydrogens (tertiary/aromatic N) is 5. The van der Waals surface area contributed by atoms with E-state index in [4.69, 9.17) is 16.3 Å². The number of hydrogen-bond donors (Lipinski definition) is 0. The van der Waals surface area contributed by atoms with Crippen molar-refractivity contribution >= 4 is 23.5 Å². The zero-order valence-electron chi connectivity index (χ0n) is 10.2. The van der Waals surface area contributed by atoms with Crippen LogP contribution in [-0.4, -0.2) is 55.4 Å². The van der Waals surface area contributed by atoms with Crippen LogP contribution in [0.1, 0.15) is 6.42 Å². The predicted octanol–water partition coefficient (Wildman–Crippen LogP) is 0.816. The number of hydrogen-bond acceptors (Lipinski definition) is 6. The van der Waals surface area contributed by atoms with E-state index in [1.54, 1.807) is 4.90 Å². The highest BCUT2D eigenvalue weighted by Crippen LogP contribution is 2.19. The monoisotopic (exact) mass is 257 g/mol. The van der Waals surface area contributed by atoms with Crippen LogP contribution in [0, 0.1) is 0 Å². The Morgan fingerprint density at radius 3 is 2.47 bits per heavy atom. The molecule has 1 atom stereocenters. The maximum absolute atomic E-state index is 5.90.